The van der Waals surface area contributed by atoms with Gasteiger partial charge in [-0.05, 0) is 0 Å². The van der Waals surface area contributed by atoms with Crippen molar-refractivity contribution in [3.63, 3.8) is 0 Å². The fraction of sp³-hybridized carbons (Fsp3) is 0.286. The van der Waals surface area contributed by atoms with Crippen LogP contribution in [0.3, 0.4) is 0 Å². The number of halogens is 4. The van der Waals surface area contributed by atoms with Crippen molar-refractivity contribution in [3.8, 4) is 0 Å². The topological polar surface area (TPSA) is 37.3 Å². The number of aliphatic carboxylic acids is 1. The second-order valence-corrected chi connectivity index (χ2v) is 4.10. The van der Waals surface area contributed by atoms with Crippen molar-refractivity contribution in [2.45, 2.75) is 6.42 Å². The van der Waals surface area contributed by atoms with Gasteiger partial charge in [0, 0.05) is 11.5 Å². The van der Waals surface area contributed by atoms with Crippen LogP contribution in [0.5, 0.6) is 0 Å². The molecule has 0 amide bonds. The molecule has 0 aromatic carbocycles. The number of carboxylic acid groups (broad SMARTS) is 1. The van der Waals surface area contributed by atoms with E-state index in [4.69, 9.17) is 51.5 Å². The zero-order valence-electron chi connectivity index (χ0n) is 6.15. The second-order valence-electron chi connectivity index (χ2n) is 2.48. The van der Waals surface area contributed by atoms with E-state index in [1.54, 1.807) is 0 Å². The zero-order chi connectivity index (χ0) is 10.2. The summed E-state index contributed by atoms with van der Waals surface area (Å²) in [5, 5.41) is 9.14. The summed E-state index contributed by atoms with van der Waals surface area (Å²) in [4.78, 5) is 10.7. The van der Waals surface area contributed by atoms with Crippen LogP contribution in [0, 0.1) is 5.92 Å². The molecule has 2 nitrogen and oxygen atoms in total. The SMILES string of the molecule is O=C(O)C1CC(Cl)=C(Cl)C(Cl)=C1Cl. The summed E-state index contributed by atoms with van der Waals surface area (Å²) in [5.74, 6) is -1.95. The molecule has 0 aliphatic heterocycles. The fourth-order valence-electron chi connectivity index (χ4n) is 0.931. The van der Waals surface area contributed by atoms with Gasteiger partial charge in [0.05, 0.1) is 21.0 Å². The third-order valence-corrected chi connectivity index (χ3v) is 3.52. The minimum Gasteiger partial charge on any atom is -0.481 e. The molecule has 0 heterocycles. The Hall–Kier alpha value is 0.110. The van der Waals surface area contributed by atoms with E-state index in [-0.39, 0.29) is 26.5 Å². The molecule has 72 valence electrons. The van der Waals surface area contributed by atoms with Gasteiger partial charge in [0.2, 0.25) is 0 Å². The van der Waals surface area contributed by atoms with Crippen molar-refractivity contribution < 1.29 is 9.90 Å². The Bertz CT molecular complexity index is 318. The van der Waals surface area contributed by atoms with Gasteiger partial charge in [0.15, 0.2) is 0 Å². The molecule has 1 aliphatic carbocycles. The molecule has 0 bridgehead atoms. The molecule has 0 aromatic rings. The van der Waals surface area contributed by atoms with Gasteiger partial charge in [-0.25, -0.2) is 0 Å². The van der Waals surface area contributed by atoms with E-state index in [9.17, 15) is 4.79 Å². The molecule has 1 rings (SSSR count). The smallest absolute Gasteiger partial charge is 0.312 e. The summed E-state index contributed by atoms with van der Waals surface area (Å²) in [6.45, 7) is 0. The zero-order valence-corrected chi connectivity index (χ0v) is 9.18. The standard InChI is InChI=1S/C7H4Cl4O2/c8-3-1-2(7(12)13)4(9)6(11)5(3)10/h2H,1H2,(H,12,13). The van der Waals surface area contributed by atoms with Crippen LogP contribution in [0.25, 0.3) is 0 Å². The van der Waals surface area contributed by atoms with Crippen LogP contribution in [0.2, 0.25) is 0 Å². The van der Waals surface area contributed by atoms with Gasteiger partial charge < -0.3 is 5.11 Å². The predicted molar refractivity (Wildman–Crippen MR) is 53.2 cm³/mol. The van der Waals surface area contributed by atoms with E-state index < -0.39 is 11.9 Å². The minimum atomic E-state index is -1.06. The number of hydrogen-bond donors (Lipinski definition) is 1. The molecule has 1 N–H and O–H groups in total. The number of carboxylic acids is 1. The van der Waals surface area contributed by atoms with Crippen LogP contribution in [-0.2, 0) is 4.79 Å². The maximum Gasteiger partial charge on any atom is 0.312 e. The highest BCUT2D eigenvalue weighted by atomic mass is 35.5. The molecular weight excluding hydrogens is 258 g/mol. The lowest BCUT2D eigenvalue weighted by Gasteiger charge is -2.18. The Morgan fingerprint density at radius 2 is 1.77 bits per heavy atom. The summed E-state index contributed by atoms with van der Waals surface area (Å²) >= 11 is 22.7. The summed E-state index contributed by atoms with van der Waals surface area (Å²) in [6, 6.07) is 0. The third kappa shape index (κ3) is 2.13. The molecule has 1 aliphatic rings. The van der Waals surface area contributed by atoms with Crippen molar-refractivity contribution in [2.75, 3.05) is 0 Å². The van der Waals surface area contributed by atoms with E-state index in [1.807, 2.05) is 0 Å². The van der Waals surface area contributed by atoms with Crippen molar-refractivity contribution in [1.82, 2.24) is 0 Å². The third-order valence-electron chi connectivity index (χ3n) is 1.63. The molecule has 0 saturated heterocycles. The Labute approximate surface area is 94.7 Å². The van der Waals surface area contributed by atoms with E-state index in [0.717, 1.165) is 0 Å². The van der Waals surface area contributed by atoms with Crippen LogP contribution in [-0.4, -0.2) is 11.1 Å². The van der Waals surface area contributed by atoms with Gasteiger partial charge in [-0.15, -0.1) is 0 Å². The van der Waals surface area contributed by atoms with Gasteiger partial charge >= 0.3 is 5.97 Å². The van der Waals surface area contributed by atoms with Crippen LogP contribution in [0.15, 0.2) is 20.1 Å². The Balaban J connectivity index is 3.11. The molecule has 13 heavy (non-hydrogen) atoms. The van der Waals surface area contributed by atoms with Crippen LogP contribution in [0.1, 0.15) is 6.42 Å². The normalized spacial score (nSPS) is 23.8. The molecule has 0 fully saturated rings. The molecule has 0 aromatic heterocycles. The van der Waals surface area contributed by atoms with Gasteiger partial charge in [-0.2, -0.15) is 0 Å². The first-order valence-corrected chi connectivity index (χ1v) is 4.78. The predicted octanol–water partition coefficient (Wildman–Crippen LogP) is 3.47. The van der Waals surface area contributed by atoms with E-state index in [0.29, 0.717) is 0 Å². The van der Waals surface area contributed by atoms with Crippen LogP contribution < -0.4 is 0 Å². The Morgan fingerprint density at radius 3 is 2.23 bits per heavy atom. The van der Waals surface area contributed by atoms with Gasteiger partial charge in [-0.1, -0.05) is 46.4 Å². The first kappa shape index (κ1) is 11.2. The lowest BCUT2D eigenvalue weighted by molar-refractivity contribution is -0.140. The first-order chi connectivity index (χ1) is 5.95. The van der Waals surface area contributed by atoms with Crippen molar-refractivity contribution in [3.05, 3.63) is 20.1 Å². The highest BCUT2D eigenvalue weighted by molar-refractivity contribution is 6.51. The number of hydrogen-bond acceptors (Lipinski definition) is 1. The molecule has 0 spiro atoms. The fourth-order valence-corrected chi connectivity index (χ4v) is 1.97. The molecule has 0 radical (unpaired) electrons. The maximum absolute atomic E-state index is 10.7. The monoisotopic (exact) mass is 260 g/mol. The van der Waals surface area contributed by atoms with Crippen LogP contribution in [0.4, 0.5) is 0 Å². The highest BCUT2D eigenvalue weighted by Gasteiger charge is 2.30. The van der Waals surface area contributed by atoms with E-state index >= 15 is 0 Å². The number of carbonyl (C=O) groups is 1. The average molecular weight is 262 g/mol. The molecule has 1 unspecified atom stereocenters. The van der Waals surface area contributed by atoms with Gasteiger partial charge in [-0.3, -0.25) is 4.79 Å². The largest absolute Gasteiger partial charge is 0.481 e. The lowest BCUT2D eigenvalue weighted by atomic mass is 10.0. The van der Waals surface area contributed by atoms with E-state index in [2.05, 4.69) is 0 Å². The first-order valence-electron chi connectivity index (χ1n) is 3.27. The summed E-state index contributed by atoms with van der Waals surface area (Å²) < 4.78 is 0. The molecule has 6 heteroatoms. The Morgan fingerprint density at radius 1 is 1.23 bits per heavy atom. The summed E-state index contributed by atoms with van der Waals surface area (Å²) in [7, 11) is 0. The maximum atomic E-state index is 10.7. The average Bonchev–Trinajstić information content (AvgIpc) is 2.07. The van der Waals surface area contributed by atoms with E-state index in [1.165, 1.54) is 0 Å². The Kier molecular flexibility index (Phi) is 3.52. The quantitative estimate of drug-likeness (QED) is 0.785. The van der Waals surface area contributed by atoms with Crippen LogP contribution >= 0.6 is 46.4 Å². The molecular formula is C7H4Cl4O2. The lowest BCUT2D eigenvalue weighted by Crippen LogP contribution is -2.17. The second kappa shape index (κ2) is 4.09. The summed E-state index contributed by atoms with van der Waals surface area (Å²) in [6.07, 6.45) is 0.0881. The highest BCUT2D eigenvalue weighted by Crippen LogP contribution is 2.41. The van der Waals surface area contributed by atoms with Crippen molar-refractivity contribution >= 4 is 52.4 Å². The molecule has 0 saturated carbocycles. The van der Waals surface area contributed by atoms with Crippen molar-refractivity contribution in [1.29, 1.82) is 0 Å². The molecule has 1 atom stereocenters. The minimum absolute atomic E-state index is 0.0204. The number of rotatable bonds is 1. The summed E-state index contributed by atoms with van der Waals surface area (Å²) in [5.41, 5.74) is 0. The van der Waals surface area contributed by atoms with Gasteiger partial charge in [0.25, 0.3) is 0 Å². The van der Waals surface area contributed by atoms with Gasteiger partial charge in [0.1, 0.15) is 0 Å². The number of allylic oxidation sites excluding steroid dienone is 3. The van der Waals surface area contributed by atoms with Crippen molar-refractivity contribution in [2.24, 2.45) is 5.92 Å².